The topological polar surface area (TPSA) is 59.9 Å². The van der Waals surface area contributed by atoms with E-state index in [0.29, 0.717) is 5.92 Å². The third kappa shape index (κ3) is 3.11. The van der Waals surface area contributed by atoms with Gasteiger partial charge in [-0.15, -0.1) is 11.3 Å². The van der Waals surface area contributed by atoms with Gasteiger partial charge < -0.3 is 10.1 Å². The molecule has 3 heterocycles. The van der Waals surface area contributed by atoms with E-state index in [4.69, 9.17) is 4.74 Å². The maximum absolute atomic E-state index is 5.96. The highest BCUT2D eigenvalue weighted by Gasteiger charge is 2.29. The lowest BCUT2D eigenvalue weighted by Crippen LogP contribution is -2.18. The molecule has 0 bridgehead atoms. The van der Waals surface area contributed by atoms with Gasteiger partial charge >= 0.3 is 0 Å². The van der Waals surface area contributed by atoms with Crippen molar-refractivity contribution in [2.24, 2.45) is 5.92 Å². The van der Waals surface area contributed by atoms with Crippen molar-refractivity contribution >= 4 is 39.3 Å². The summed E-state index contributed by atoms with van der Waals surface area (Å²) in [5.74, 6) is 1.31. The molecule has 2 unspecified atom stereocenters. The molecule has 1 aromatic carbocycles. The van der Waals surface area contributed by atoms with Crippen LogP contribution in [0.2, 0.25) is 0 Å². The summed E-state index contributed by atoms with van der Waals surface area (Å²) < 4.78 is 8.00. The summed E-state index contributed by atoms with van der Waals surface area (Å²) in [7, 11) is 0. The largest absolute Gasteiger partial charge is 0.373 e. The summed E-state index contributed by atoms with van der Waals surface area (Å²) in [6.07, 6.45) is 4.81. The lowest BCUT2D eigenvalue weighted by atomic mass is 9.95. The molecule has 0 radical (unpaired) electrons. The van der Waals surface area contributed by atoms with Crippen LogP contribution in [0.4, 0.5) is 5.82 Å². The molecular weight excluding hydrogens is 340 g/mol. The summed E-state index contributed by atoms with van der Waals surface area (Å²) in [6, 6.07) is 10.4. The van der Waals surface area contributed by atoms with Gasteiger partial charge in [-0.2, -0.15) is 0 Å². The summed E-state index contributed by atoms with van der Waals surface area (Å²) >= 11 is 3.27. The highest BCUT2D eigenvalue weighted by molar-refractivity contribution is 8.00. The van der Waals surface area contributed by atoms with Crippen molar-refractivity contribution in [3.05, 3.63) is 42.2 Å². The van der Waals surface area contributed by atoms with E-state index in [1.54, 1.807) is 29.4 Å². The maximum atomic E-state index is 5.96. The van der Waals surface area contributed by atoms with E-state index in [0.717, 1.165) is 40.1 Å². The fourth-order valence-electron chi connectivity index (χ4n) is 3.03. The van der Waals surface area contributed by atoms with Gasteiger partial charge in [-0.25, -0.2) is 15.0 Å². The predicted molar refractivity (Wildman–Crippen MR) is 98.7 cm³/mol. The van der Waals surface area contributed by atoms with Crippen LogP contribution in [0.3, 0.4) is 0 Å². The van der Waals surface area contributed by atoms with Crippen molar-refractivity contribution in [1.29, 1.82) is 0 Å². The number of anilines is 1. The van der Waals surface area contributed by atoms with E-state index in [2.05, 4.69) is 44.5 Å². The SMILES string of the molecule is CSc1nc2ncnc(NCC3CCOC3c3ccccc3)c2s1. The minimum absolute atomic E-state index is 0.152. The van der Waals surface area contributed by atoms with E-state index in [1.165, 1.54) is 5.56 Å². The third-order valence-corrected chi connectivity index (χ3v) is 6.26. The van der Waals surface area contributed by atoms with Crippen LogP contribution in [0.15, 0.2) is 41.0 Å². The first kappa shape index (κ1) is 15.8. The number of benzene rings is 1. The van der Waals surface area contributed by atoms with E-state index >= 15 is 0 Å². The Hall–Kier alpha value is -1.70. The van der Waals surface area contributed by atoms with Gasteiger partial charge in [0.25, 0.3) is 0 Å². The van der Waals surface area contributed by atoms with Crippen LogP contribution in [0, 0.1) is 5.92 Å². The fourth-order valence-corrected chi connectivity index (χ4v) is 4.51. The zero-order valence-electron chi connectivity index (χ0n) is 13.3. The molecule has 7 heteroatoms. The van der Waals surface area contributed by atoms with E-state index in [1.807, 2.05) is 12.3 Å². The molecule has 0 saturated carbocycles. The van der Waals surface area contributed by atoms with Crippen molar-refractivity contribution in [2.75, 3.05) is 24.7 Å². The lowest BCUT2D eigenvalue weighted by molar-refractivity contribution is 0.0933. The van der Waals surface area contributed by atoms with Gasteiger partial charge in [-0.3, -0.25) is 0 Å². The summed E-state index contributed by atoms with van der Waals surface area (Å²) in [6.45, 7) is 1.64. The molecule has 2 atom stereocenters. The molecule has 0 spiro atoms. The van der Waals surface area contributed by atoms with Gasteiger partial charge in [0.1, 0.15) is 16.8 Å². The first-order valence-corrected chi connectivity index (χ1v) is 9.95. The first-order chi connectivity index (χ1) is 11.8. The number of nitrogens with zero attached hydrogens (tertiary/aromatic N) is 3. The second kappa shape index (κ2) is 7.04. The molecule has 5 nitrogen and oxygen atoms in total. The highest BCUT2D eigenvalue weighted by atomic mass is 32.2. The van der Waals surface area contributed by atoms with Gasteiger partial charge in [0.2, 0.25) is 0 Å². The molecule has 1 saturated heterocycles. The third-order valence-electron chi connectivity index (χ3n) is 4.22. The molecule has 2 aromatic heterocycles. The average Bonchev–Trinajstić information content (AvgIpc) is 3.27. The van der Waals surface area contributed by atoms with Crippen molar-refractivity contribution in [3.63, 3.8) is 0 Å². The Balaban J connectivity index is 1.51. The number of aromatic nitrogens is 3. The first-order valence-electron chi connectivity index (χ1n) is 7.91. The zero-order chi connectivity index (χ0) is 16.4. The number of ether oxygens (including phenoxy) is 1. The minimum atomic E-state index is 0.152. The van der Waals surface area contributed by atoms with Crippen molar-refractivity contribution in [1.82, 2.24) is 15.0 Å². The van der Waals surface area contributed by atoms with Crippen LogP contribution in [0.5, 0.6) is 0 Å². The van der Waals surface area contributed by atoms with Crippen molar-refractivity contribution < 1.29 is 4.74 Å². The van der Waals surface area contributed by atoms with Crippen molar-refractivity contribution in [3.8, 4) is 0 Å². The van der Waals surface area contributed by atoms with Gasteiger partial charge in [0, 0.05) is 19.1 Å². The fraction of sp³-hybridized carbons (Fsp3) is 0.353. The Morgan fingerprint density at radius 3 is 3.00 bits per heavy atom. The zero-order valence-corrected chi connectivity index (χ0v) is 14.9. The minimum Gasteiger partial charge on any atom is -0.373 e. The lowest BCUT2D eigenvalue weighted by Gasteiger charge is -2.19. The summed E-state index contributed by atoms with van der Waals surface area (Å²) in [5, 5.41) is 3.50. The Kier molecular flexibility index (Phi) is 4.64. The van der Waals surface area contributed by atoms with Crippen molar-refractivity contribution in [2.45, 2.75) is 16.9 Å². The predicted octanol–water partition coefficient (Wildman–Crippen LogP) is 4.00. The molecule has 1 aliphatic heterocycles. The van der Waals surface area contributed by atoms with Crippen LogP contribution in [-0.4, -0.2) is 34.4 Å². The van der Waals surface area contributed by atoms with E-state index in [-0.39, 0.29) is 6.10 Å². The number of hydrogen-bond acceptors (Lipinski definition) is 7. The van der Waals surface area contributed by atoms with Gasteiger partial charge in [0.15, 0.2) is 9.99 Å². The summed E-state index contributed by atoms with van der Waals surface area (Å²) in [5.41, 5.74) is 2.02. The Morgan fingerprint density at radius 2 is 2.17 bits per heavy atom. The van der Waals surface area contributed by atoms with Gasteiger partial charge in [-0.1, -0.05) is 42.1 Å². The number of nitrogens with one attached hydrogen (secondary N) is 1. The van der Waals surface area contributed by atoms with Crippen LogP contribution >= 0.6 is 23.1 Å². The normalized spacial score (nSPS) is 20.5. The second-order valence-corrected chi connectivity index (χ2v) is 7.74. The number of thioether (sulfide) groups is 1. The quantitative estimate of drug-likeness (QED) is 0.696. The van der Waals surface area contributed by atoms with Gasteiger partial charge in [-0.05, 0) is 18.2 Å². The summed E-state index contributed by atoms with van der Waals surface area (Å²) in [4.78, 5) is 13.2. The Bertz CT molecular complexity index is 824. The molecule has 0 amide bonds. The Morgan fingerprint density at radius 1 is 1.29 bits per heavy atom. The standard InChI is InChI=1S/C17H18N4OS2/c1-23-17-21-16-14(24-17)15(19-10-20-16)18-9-12-7-8-22-13(12)11-5-3-2-4-6-11/h2-6,10,12-13H,7-9H2,1H3,(H,18,19,20). The molecule has 1 aliphatic rings. The maximum Gasteiger partial charge on any atom is 0.176 e. The molecule has 124 valence electrons. The van der Waals surface area contributed by atoms with Crippen LogP contribution < -0.4 is 5.32 Å². The molecule has 1 N–H and O–H groups in total. The Labute approximate surface area is 148 Å². The van der Waals surface area contributed by atoms with Crippen LogP contribution in [0.25, 0.3) is 10.3 Å². The molecule has 4 rings (SSSR count). The molecular formula is C17H18N4OS2. The second-order valence-electron chi connectivity index (χ2n) is 5.69. The van der Waals surface area contributed by atoms with Gasteiger partial charge in [0.05, 0.1) is 6.10 Å². The number of thiazole rings is 1. The molecule has 0 aliphatic carbocycles. The van der Waals surface area contributed by atoms with Crippen LogP contribution in [0.1, 0.15) is 18.1 Å². The smallest absolute Gasteiger partial charge is 0.176 e. The highest BCUT2D eigenvalue weighted by Crippen LogP contribution is 2.35. The number of fused-ring (bicyclic) bond motifs is 1. The number of rotatable bonds is 5. The monoisotopic (exact) mass is 358 g/mol. The molecule has 3 aromatic rings. The van der Waals surface area contributed by atoms with E-state index < -0.39 is 0 Å². The molecule has 1 fully saturated rings. The number of hydrogen-bond donors (Lipinski definition) is 1. The average molecular weight is 358 g/mol. The van der Waals surface area contributed by atoms with Crippen LogP contribution in [-0.2, 0) is 4.74 Å². The van der Waals surface area contributed by atoms with E-state index in [9.17, 15) is 0 Å². The molecule has 24 heavy (non-hydrogen) atoms.